The second-order valence-electron chi connectivity index (χ2n) is 5.36. The van der Waals surface area contributed by atoms with Crippen LogP contribution < -0.4 is 10.1 Å². The highest BCUT2D eigenvalue weighted by Crippen LogP contribution is 2.24. The molecule has 1 aliphatic carbocycles. The molecule has 5 heteroatoms. The maximum atomic E-state index is 10.3. The average molecular weight is 304 g/mol. The van der Waals surface area contributed by atoms with Crippen LogP contribution in [0.5, 0.6) is 5.75 Å². The van der Waals surface area contributed by atoms with Gasteiger partial charge in [0, 0.05) is 17.5 Å². The third kappa shape index (κ3) is 3.43. The van der Waals surface area contributed by atoms with E-state index in [1.807, 2.05) is 29.8 Å². The molecule has 0 aliphatic heterocycles. The molecule has 2 N–H and O–H groups in total. The van der Waals surface area contributed by atoms with Crippen LogP contribution in [0, 0.1) is 0 Å². The number of ether oxygens (including phenoxy) is 1. The van der Waals surface area contributed by atoms with Gasteiger partial charge in [0.1, 0.15) is 5.75 Å². The van der Waals surface area contributed by atoms with Gasteiger partial charge >= 0.3 is 0 Å². The summed E-state index contributed by atoms with van der Waals surface area (Å²) in [4.78, 5) is 5.76. The van der Waals surface area contributed by atoms with Gasteiger partial charge in [0.15, 0.2) is 0 Å². The molecular weight excluding hydrogens is 284 g/mol. The number of aliphatic hydroxyl groups is 1. The van der Waals surface area contributed by atoms with Crippen molar-refractivity contribution >= 4 is 11.3 Å². The molecular formula is C16H20N2O2S. The molecule has 112 valence electrons. The van der Waals surface area contributed by atoms with Crippen molar-refractivity contribution in [3.05, 3.63) is 45.9 Å². The van der Waals surface area contributed by atoms with E-state index in [0.29, 0.717) is 12.6 Å². The quantitative estimate of drug-likeness (QED) is 0.890. The lowest BCUT2D eigenvalue weighted by Gasteiger charge is -2.24. The lowest BCUT2D eigenvalue weighted by atomic mass is 9.97. The summed E-state index contributed by atoms with van der Waals surface area (Å²) in [6.07, 6.45) is 2.63. The van der Waals surface area contributed by atoms with E-state index in [1.54, 1.807) is 18.4 Å². The third-order valence-electron chi connectivity index (χ3n) is 3.97. The van der Waals surface area contributed by atoms with E-state index in [-0.39, 0.29) is 0 Å². The van der Waals surface area contributed by atoms with Gasteiger partial charge in [0.05, 0.1) is 24.4 Å². The molecule has 1 aromatic heterocycles. The van der Waals surface area contributed by atoms with Gasteiger partial charge in [0.25, 0.3) is 0 Å². The van der Waals surface area contributed by atoms with E-state index in [4.69, 9.17) is 4.74 Å². The first-order chi connectivity index (χ1) is 10.3. The number of nitrogens with one attached hydrogen (secondary N) is 1. The summed E-state index contributed by atoms with van der Waals surface area (Å²) >= 11 is 1.73. The number of methoxy groups -OCH3 is 1. The van der Waals surface area contributed by atoms with Crippen molar-refractivity contribution in [1.82, 2.24) is 10.3 Å². The molecule has 21 heavy (non-hydrogen) atoms. The normalized spacial score (nSPS) is 19.0. The summed E-state index contributed by atoms with van der Waals surface area (Å²) in [6.45, 7) is 0.561. The fourth-order valence-corrected chi connectivity index (χ4v) is 3.61. The number of rotatable bonds is 5. The van der Waals surface area contributed by atoms with Crippen LogP contribution in [0.2, 0.25) is 0 Å². The molecule has 0 saturated heterocycles. The van der Waals surface area contributed by atoms with Crippen LogP contribution in [-0.4, -0.2) is 29.8 Å². The van der Waals surface area contributed by atoms with E-state index in [2.05, 4.69) is 10.3 Å². The van der Waals surface area contributed by atoms with Crippen LogP contribution >= 0.6 is 11.3 Å². The number of benzene rings is 1. The van der Waals surface area contributed by atoms with Gasteiger partial charge in [-0.05, 0) is 37.0 Å². The van der Waals surface area contributed by atoms with E-state index in [0.717, 1.165) is 30.6 Å². The molecule has 0 spiro atoms. The van der Waals surface area contributed by atoms with Crippen LogP contribution in [0.3, 0.4) is 0 Å². The largest absolute Gasteiger partial charge is 0.497 e. The summed E-state index contributed by atoms with van der Waals surface area (Å²) < 4.78 is 5.19. The number of nitrogens with zero attached hydrogens (tertiary/aromatic N) is 1. The number of hydrogen-bond acceptors (Lipinski definition) is 5. The third-order valence-corrected chi connectivity index (χ3v) is 4.86. The zero-order valence-corrected chi connectivity index (χ0v) is 12.9. The van der Waals surface area contributed by atoms with Crippen molar-refractivity contribution < 1.29 is 9.84 Å². The van der Waals surface area contributed by atoms with Crippen molar-refractivity contribution in [3.8, 4) is 5.75 Å². The highest BCUT2D eigenvalue weighted by atomic mass is 32.1. The number of aromatic nitrogens is 1. The minimum atomic E-state index is -0.511. The summed E-state index contributed by atoms with van der Waals surface area (Å²) in [6, 6.07) is 8.03. The maximum absolute atomic E-state index is 10.3. The predicted octanol–water partition coefficient (Wildman–Crippen LogP) is 2.33. The van der Waals surface area contributed by atoms with Crippen molar-refractivity contribution in [2.45, 2.75) is 31.4 Å². The molecule has 1 aliphatic rings. The molecule has 1 heterocycles. The number of fused-ring (bicyclic) bond motifs is 1. The van der Waals surface area contributed by atoms with Gasteiger partial charge in [-0.2, -0.15) is 0 Å². The number of aryl methyl sites for hydroxylation is 1. The first-order valence-corrected chi connectivity index (χ1v) is 8.11. The Morgan fingerprint density at radius 2 is 2.43 bits per heavy atom. The zero-order valence-electron chi connectivity index (χ0n) is 12.1. The average Bonchev–Trinajstić information content (AvgIpc) is 3.00. The highest BCUT2D eigenvalue weighted by molar-refractivity contribution is 7.09. The van der Waals surface area contributed by atoms with Crippen LogP contribution in [-0.2, 0) is 12.8 Å². The monoisotopic (exact) mass is 304 g/mol. The SMILES string of the molecule is COc1cccc(C(O)CN[C@H]2CCc3ncsc3C2)c1. The van der Waals surface area contributed by atoms with Crippen molar-refractivity contribution in [2.24, 2.45) is 0 Å². The molecule has 1 aromatic carbocycles. The Labute approximate surface area is 128 Å². The first-order valence-electron chi connectivity index (χ1n) is 7.23. The Hall–Kier alpha value is -1.43. The molecule has 3 rings (SSSR count). The van der Waals surface area contributed by atoms with E-state index >= 15 is 0 Å². The molecule has 0 bridgehead atoms. The summed E-state index contributed by atoms with van der Waals surface area (Å²) in [5.41, 5.74) is 4.07. The van der Waals surface area contributed by atoms with E-state index in [1.165, 1.54) is 10.6 Å². The molecule has 0 saturated carbocycles. The summed E-state index contributed by atoms with van der Waals surface area (Å²) in [5, 5.41) is 13.8. The van der Waals surface area contributed by atoms with Crippen molar-refractivity contribution in [1.29, 1.82) is 0 Å². The Kier molecular flexibility index (Phi) is 4.53. The Balaban J connectivity index is 1.55. The van der Waals surface area contributed by atoms with Gasteiger partial charge in [-0.1, -0.05) is 12.1 Å². The van der Waals surface area contributed by atoms with E-state index in [9.17, 15) is 5.11 Å². The fraction of sp³-hybridized carbons (Fsp3) is 0.438. The number of thiazole rings is 1. The molecule has 1 unspecified atom stereocenters. The molecule has 2 aromatic rings. The molecule has 0 fully saturated rings. The Morgan fingerprint density at radius 3 is 3.29 bits per heavy atom. The van der Waals surface area contributed by atoms with Gasteiger partial charge in [-0.25, -0.2) is 4.98 Å². The smallest absolute Gasteiger partial charge is 0.119 e. The molecule has 0 amide bonds. The predicted molar refractivity (Wildman–Crippen MR) is 83.9 cm³/mol. The molecule has 2 atom stereocenters. The Morgan fingerprint density at radius 1 is 1.52 bits per heavy atom. The number of hydrogen-bond donors (Lipinski definition) is 2. The minimum Gasteiger partial charge on any atom is -0.497 e. The van der Waals surface area contributed by atoms with Gasteiger partial charge in [-0.15, -0.1) is 11.3 Å². The highest BCUT2D eigenvalue weighted by Gasteiger charge is 2.21. The van der Waals surface area contributed by atoms with Crippen molar-refractivity contribution in [3.63, 3.8) is 0 Å². The minimum absolute atomic E-state index is 0.429. The van der Waals surface area contributed by atoms with Crippen LogP contribution in [0.4, 0.5) is 0 Å². The molecule has 4 nitrogen and oxygen atoms in total. The fourth-order valence-electron chi connectivity index (χ4n) is 2.72. The number of aliphatic hydroxyl groups excluding tert-OH is 1. The summed E-state index contributed by atoms with van der Waals surface area (Å²) in [5.74, 6) is 0.776. The second kappa shape index (κ2) is 6.56. The standard InChI is InChI=1S/C16H20N2O2S/c1-20-13-4-2-3-11(7-13)15(19)9-17-12-5-6-14-16(8-12)21-10-18-14/h2-4,7,10,12,15,17,19H,5-6,8-9H2,1H3/t12-,15?/m0/s1. The summed E-state index contributed by atoms with van der Waals surface area (Å²) in [7, 11) is 1.64. The van der Waals surface area contributed by atoms with Gasteiger partial charge < -0.3 is 15.2 Å². The topological polar surface area (TPSA) is 54.4 Å². The maximum Gasteiger partial charge on any atom is 0.119 e. The van der Waals surface area contributed by atoms with Gasteiger partial charge in [-0.3, -0.25) is 0 Å². The van der Waals surface area contributed by atoms with Crippen LogP contribution in [0.25, 0.3) is 0 Å². The van der Waals surface area contributed by atoms with Crippen LogP contribution in [0.1, 0.15) is 28.7 Å². The van der Waals surface area contributed by atoms with Gasteiger partial charge in [0.2, 0.25) is 0 Å². The van der Waals surface area contributed by atoms with E-state index < -0.39 is 6.10 Å². The Bertz CT molecular complexity index is 599. The lowest BCUT2D eigenvalue weighted by Crippen LogP contribution is -2.36. The van der Waals surface area contributed by atoms with Crippen molar-refractivity contribution in [2.75, 3.05) is 13.7 Å². The molecule has 0 radical (unpaired) electrons. The zero-order chi connectivity index (χ0) is 14.7. The van der Waals surface area contributed by atoms with Crippen LogP contribution in [0.15, 0.2) is 29.8 Å². The first kappa shape index (κ1) is 14.5. The lowest BCUT2D eigenvalue weighted by molar-refractivity contribution is 0.168. The second-order valence-corrected chi connectivity index (χ2v) is 6.30.